The Morgan fingerprint density at radius 2 is 1.77 bits per heavy atom. The molecule has 0 bridgehead atoms. The molecule has 1 aliphatic rings. The highest BCUT2D eigenvalue weighted by Crippen LogP contribution is 2.33. The van der Waals surface area contributed by atoms with Gasteiger partial charge in [-0.2, -0.15) is 0 Å². The van der Waals surface area contributed by atoms with Crippen LogP contribution in [0.2, 0.25) is 0 Å². The molecule has 0 spiro atoms. The van der Waals surface area contributed by atoms with Crippen molar-refractivity contribution in [1.82, 2.24) is 9.47 Å². The molecule has 0 aliphatic carbocycles. The van der Waals surface area contributed by atoms with E-state index < -0.39 is 0 Å². The molecule has 6 heteroatoms. The van der Waals surface area contributed by atoms with Crippen molar-refractivity contribution in [3.8, 4) is 22.6 Å². The molecular weight excluding hydrogens is 381 g/mol. The Morgan fingerprint density at radius 3 is 2.43 bits per heavy atom. The van der Waals surface area contributed by atoms with Gasteiger partial charge in [0, 0.05) is 31.0 Å². The normalized spacial score (nSPS) is 16.3. The lowest BCUT2D eigenvalue weighted by molar-refractivity contribution is -0.127. The molecule has 1 amide bonds. The van der Waals surface area contributed by atoms with Crippen LogP contribution in [0.3, 0.4) is 0 Å². The smallest absolute Gasteiger partial charge is 0.246 e. The number of nitrogen functional groups attached to an aromatic ring is 1. The summed E-state index contributed by atoms with van der Waals surface area (Å²) in [5.41, 5.74) is 8.90. The number of carbonyl (C=O) groups is 1. The van der Waals surface area contributed by atoms with Gasteiger partial charge in [0.25, 0.3) is 0 Å². The highest BCUT2D eigenvalue weighted by atomic mass is 19.1. The maximum absolute atomic E-state index is 13.0. The Balaban J connectivity index is 1.49. The van der Waals surface area contributed by atoms with Gasteiger partial charge in [0.2, 0.25) is 5.91 Å². The van der Waals surface area contributed by atoms with Gasteiger partial charge in [0.05, 0.1) is 11.7 Å². The molecule has 30 heavy (non-hydrogen) atoms. The second-order valence-electron chi connectivity index (χ2n) is 7.44. The second kappa shape index (κ2) is 8.45. The first-order valence-electron chi connectivity index (χ1n) is 9.95. The quantitative estimate of drug-likeness (QED) is 0.607. The van der Waals surface area contributed by atoms with Gasteiger partial charge in [-0.3, -0.25) is 4.79 Å². The number of likely N-dealkylation sites (tertiary alicyclic amines) is 1. The average Bonchev–Trinajstić information content (AvgIpc) is 3.17. The number of carbonyl (C=O) groups excluding carboxylic acids is 1. The highest BCUT2D eigenvalue weighted by Gasteiger charge is 2.24. The third-order valence-electron chi connectivity index (χ3n) is 5.40. The van der Waals surface area contributed by atoms with Crippen LogP contribution in [-0.4, -0.2) is 28.5 Å². The van der Waals surface area contributed by atoms with Crippen molar-refractivity contribution < 1.29 is 13.9 Å². The van der Waals surface area contributed by atoms with E-state index in [1.807, 2.05) is 41.6 Å². The zero-order valence-corrected chi connectivity index (χ0v) is 16.6. The molecule has 2 heterocycles. The van der Waals surface area contributed by atoms with E-state index in [4.69, 9.17) is 10.5 Å². The largest absolute Gasteiger partial charge is 0.457 e. The van der Waals surface area contributed by atoms with Crippen LogP contribution in [0.5, 0.6) is 11.5 Å². The van der Waals surface area contributed by atoms with E-state index in [1.165, 1.54) is 18.2 Å². The zero-order valence-electron chi connectivity index (χ0n) is 16.6. The summed E-state index contributed by atoms with van der Waals surface area (Å²) in [5.74, 6) is 0.907. The molecule has 1 fully saturated rings. The summed E-state index contributed by atoms with van der Waals surface area (Å²) in [6.45, 7) is 5.00. The Bertz CT molecular complexity index is 1040. The molecule has 0 saturated carbocycles. The van der Waals surface area contributed by atoms with Crippen LogP contribution >= 0.6 is 0 Å². The van der Waals surface area contributed by atoms with Crippen LogP contribution in [0.1, 0.15) is 18.9 Å². The van der Waals surface area contributed by atoms with E-state index in [9.17, 15) is 9.18 Å². The molecule has 1 aliphatic heterocycles. The van der Waals surface area contributed by atoms with Crippen molar-refractivity contribution in [2.75, 3.05) is 18.8 Å². The number of nitrogens with two attached hydrogens (primary N) is 1. The summed E-state index contributed by atoms with van der Waals surface area (Å²) >= 11 is 0. The third-order valence-corrected chi connectivity index (χ3v) is 5.40. The number of ether oxygens (including phenoxy) is 1. The fourth-order valence-corrected chi connectivity index (χ4v) is 3.81. The Labute approximate surface area is 175 Å². The van der Waals surface area contributed by atoms with Crippen molar-refractivity contribution in [2.45, 2.75) is 18.9 Å². The number of hydrogen-bond acceptors (Lipinski definition) is 3. The number of benzene rings is 2. The number of piperidine rings is 1. The lowest BCUT2D eigenvalue weighted by Gasteiger charge is -2.33. The van der Waals surface area contributed by atoms with Gasteiger partial charge < -0.3 is 19.9 Å². The van der Waals surface area contributed by atoms with Crippen molar-refractivity contribution in [3.05, 3.63) is 79.4 Å². The summed E-state index contributed by atoms with van der Waals surface area (Å²) in [4.78, 5) is 13.8. The second-order valence-corrected chi connectivity index (χ2v) is 7.44. The Morgan fingerprint density at radius 1 is 1.10 bits per heavy atom. The zero-order chi connectivity index (χ0) is 21.1. The molecule has 1 aromatic heterocycles. The number of anilines is 1. The van der Waals surface area contributed by atoms with E-state index in [-0.39, 0.29) is 17.8 Å². The number of aromatic nitrogens is 1. The van der Waals surface area contributed by atoms with E-state index in [2.05, 4.69) is 11.1 Å². The average molecular weight is 405 g/mol. The van der Waals surface area contributed by atoms with Gasteiger partial charge in [0.15, 0.2) is 0 Å². The molecule has 3 aromatic rings. The highest BCUT2D eigenvalue weighted by molar-refractivity contribution is 5.87. The van der Waals surface area contributed by atoms with Crippen LogP contribution in [-0.2, 0) is 4.79 Å². The number of rotatable bonds is 5. The third kappa shape index (κ3) is 4.22. The molecule has 2 aromatic carbocycles. The van der Waals surface area contributed by atoms with Gasteiger partial charge >= 0.3 is 0 Å². The SMILES string of the molecule is C=CC(=O)N1CCC[C@@H](n2cc(N)c(-c3ccc(Oc4ccc(F)cc4)cc3)c2)C1. The Hall–Kier alpha value is -3.54. The monoisotopic (exact) mass is 405 g/mol. The van der Waals surface area contributed by atoms with Gasteiger partial charge in [-0.25, -0.2) is 4.39 Å². The fourth-order valence-electron chi connectivity index (χ4n) is 3.81. The summed E-state index contributed by atoms with van der Waals surface area (Å²) in [6.07, 6.45) is 7.29. The number of halogens is 1. The van der Waals surface area contributed by atoms with Gasteiger partial charge in [-0.1, -0.05) is 18.7 Å². The van der Waals surface area contributed by atoms with E-state index >= 15 is 0 Å². The number of nitrogens with zero attached hydrogens (tertiary/aromatic N) is 2. The molecule has 0 radical (unpaired) electrons. The summed E-state index contributed by atoms with van der Waals surface area (Å²) in [5, 5.41) is 0. The summed E-state index contributed by atoms with van der Waals surface area (Å²) in [7, 11) is 0. The maximum Gasteiger partial charge on any atom is 0.246 e. The number of amides is 1. The molecule has 1 atom stereocenters. The predicted octanol–water partition coefficient (Wildman–Crippen LogP) is 5.02. The Kier molecular flexibility index (Phi) is 5.57. The molecule has 5 nitrogen and oxygen atoms in total. The molecule has 2 N–H and O–H groups in total. The van der Waals surface area contributed by atoms with Crippen LogP contribution in [0.15, 0.2) is 73.6 Å². The van der Waals surface area contributed by atoms with Crippen LogP contribution in [0.25, 0.3) is 11.1 Å². The minimum Gasteiger partial charge on any atom is -0.457 e. The first kappa shape index (κ1) is 19.8. The summed E-state index contributed by atoms with van der Waals surface area (Å²) < 4.78 is 20.9. The van der Waals surface area contributed by atoms with Crippen LogP contribution in [0.4, 0.5) is 10.1 Å². The van der Waals surface area contributed by atoms with Crippen molar-refractivity contribution in [1.29, 1.82) is 0 Å². The van der Waals surface area contributed by atoms with Crippen LogP contribution < -0.4 is 10.5 Å². The minimum absolute atomic E-state index is 0.0307. The minimum atomic E-state index is -0.298. The van der Waals surface area contributed by atoms with Crippen molar-refractivity contribution >= 4 is 11.6 Å². The lowest BCUT2D eigenvalue weighted by Crippen LogP contribution is -2.39. The van der Waals surface area contributed by atoms with Crippen molar-refractivity contribution in [3.63, 3.8) is 0 Å². The van der Waals surface area contributed by atoms with Gasteiger partial charge in [0.1, 0.15) is 17.3 Å². The molecule has 154 valence electrons. The molecule has 1 saturated heterocycles. The predicted molar refractivity (Wildman–Crippen MR) is 116 cm³/mol. The van der Waals surface area contributed by atoms with E-state index in [0.717, 1.165) is 30.5 Å². The lowest BCUT2D eigenvalue weighted by atomic mass is 10.1. The molecule has 0 unspecified atom stereocenters. The van der Waals surface area contributed by atoms with Crippen LogP contribution in [0, 0.1) is 5.82 Å². The van der Waals surface area contributed by atoms with E-state index in [1.54, 1.807) is 12.1 Å². The fraction of sp³-hybridized carbons (Fsp3) is 0.208. The molecule has 4 rings (SSSR count). The van der Waals surface area contributed by atoms with E-state index in [0.29, 0.717) is 23.7 Å². The molecular formula is C24H24FN3O2. The van der Waals surface area contributed by atoms with Crippen molar-refractivity contribution in [2.24, 2.45) is 0 Å². The maximum atomic E-state index is 13.0. The van der Waals surface area contributed by atoms with Gasteiger partial charge in [-0.15, -0.1) is 0 Å². The first-order valence-corrected chi connectivity index (χ1v) is 9.95. The number of hydrogen-bond donors (Lipinski definition) is 1. The van der Waals surface area contributed by atoms with Gasteiger partial charge in [-0.05, 0) is 60.9 Å². The summed E-state index contributed by atoms with van der Waals surface area (Å²) in [6, 6.07) is 13.7. The standard InChI is InChI=1S/C24H24FN3O2/c1-2-24(29)27-13-3-4-19(14-27)28-15-22(23(26)16-28)17-5-9-20(10-6-17)30-21-11-7-18(25)8-12-21/h2,5-12,15-16,19H,1,3-4,13-14,26H2/t19-/m1/s1. The first-order chi connectivity index (χ1) is 14.5. The topological polar surface area (TPSA) is 60.5 Å².